The first-order valence-corrected chi connectivity index (χ1v) is 14.1. The van der Waals surface area contributed by atoms with Crippen LogP contribution in [0.15, 0.2) is 5.70 Å². The van der Waals surface area contributed by atoms with Crippen LogP contribution >= 0.6 is 0 Å². The minimum atomic E-state index is -0.486. The van der Waals surface area contributed by atoms with Crippen molar-refractivity contribution in [2.45, 2.75) is 65.1 Å². The molecule has 4 heterocycles. The summed E-state index contributed by atoms with van der Waals surface area (Å²) in [6.45, 7) is 16.6. The summed E-state index contributed by atoms with van der Waals surface area (Å²) in [5.74, 6) is 0.535. The van der Waals surface area contributed by atoms with Crippen LogP contribution < -0.4 is 16.0 Å². The predicted octanol–water partition coefficient (Wildman–Crippen LogP) is 0.837. The molecule has 3 fully saturated rings. The maximum Gasteiger partial charge on any atom is 0.410 e. The molecule has 1 atom stereocenters. The maximum absolute atomic E-state index is 12.5. The third kappa shape index (κ3) is 7.80. The van der Waals surface area contributed by atoms with E-state index in [0.717, 1.165) is 63.6 Å². The second-order valence-electron chi connectivity index (χ2n) is 11.8. The van der Waals surface area contributed by atoms with Crippen molar-refractivity contribution in [2.24, 2.45) is 0 Å². The standard InChI is InChI=1S/C27H44N8O4/c1-18(2)24-19(15-20-25(37)29-16-22(36)31-20)30-21(32-24)7-6-9-33-10-8-28-17-23(33)34-11-13-35(14-12-34)26(38)39-27(3,4)5/h15,18,23,28H,6-14,16-17H2,1-5H3,(H,29,37)(H,30,32)(H,31,36). The van der Waals surface area contributed by atoms with E-state index in [1.807, 2.05) is 20.8 Å². The number of amides is 3. The summed E-state index contributed by atoms with van der Waals surface area (Å²) in [4.78, 5) is 51.4. The van der Waals surface area contributed by atoms with Crippen LogP contribution in [0.5, 0.6) is 0 Å². The molecule has 3 aliphatic heterocycles. The molecule has 0 spiro atoms. The molecule has 0 radical (unpaired) electrons. The Morgan fingerprint density at radius 2 is 1.90 bits per heavy atom. The van der Waals surface area contributed by atoms with Crippen molar-refractivity contribution in [1.29, 1.82) is 0 Å². The Hall–Kier alpha value is -2.96. The van der Waals surface area contributed by atoms with E-state index in [4.69, 9.17) is 9.72 Å². The monoisotopic (exact) mass is 544 g/mol. The summed E-state index contributed by atoms with van der Waals surface area (Å²) < 4.78 is 5.55. The lowest BCUT2D eigenvalue weighted by Crippen LogP contribution is -2.63. The van der Waals surface area contributed by atoms with Gasteiger partial charge in [0.1, 0.15) is 17.1 Å². The van der Waals surface area contributed by atoms with Gasteiger partial charge in [-0.2, -0.15) is 0 Å². The predicted molar refractivity (Wildman–Crippen MR) is 148 cm³/mol. The number of ether oxygens (including phenoxy) is 1. The van der Waals surface area contributed by atoms with Crippen molar-refractivity contribution in [2.75, 3.05) is 58.9 Å². The molecule has 1 unspecified atom stereocenters. The van der Waals surface area contributed by atoms with Crippen LogP contribution in [-0.2, 0) is 20.7 Å². The number of carbonyl (C=O) groups is 3. The van der Waals surface area contributed by atoms with Gasteiger partial charge < -0.3 is 30.6 Å². The van der Waals surface area contributed by atoms with Crippen LogP contribution in [0.3, 0.4) is 0 Å². The fourth-order valence-electron chi connectivity index (χ4n) is 5.20. The quantitative estimate of drug-likeness (QED) is 0.371. The molecular weight excluding hydrogens is 500 g/mol. The van der Waals surface area contributed by atoms with E-state index in [9.17, 15) is 14.4 Å². The highest BCUT2D eigenvalue weighted by Gasteiger charge is 2.32. The van der Waals surface area contributed by atoms with Crippen molar-refractivity contribution in [3.63, 3.8) is 0 Å². The molecule has 0 aliphatic carbocycles. The zero-order chi connectivity index (χ0) is 28.2. The molecule has 4 rings (SSSR count). The zero-order valence-corrected chi connectivity index (χ0v) is 23.9. The summed E-state index contributed by atoms with van der Waals surface area (Å²) in [6, 6.07) is 0. The van der Waals surface area contributed by atoms with Crippen LogP contribution in [0.1, 0.15) is 64.2 Å². The summed E-state index contributed by atoms with van der Waals surface area (Å²) in [5.41, 5.74) is 1.38. The van der Waals surface area contributed by atoms with Crippen LogP contribution in [0, 0.1) is 0 Å². The summed E-state index contributed by atoms with van der Waals surface area (Å²) in [7, 11) is 0. The molecule has 12 nitrogen and oxygen atoms in total. The molecule has 12 heteroatoms. The normalized spacial score (nSPS) is 22.8. The van der Waals surface area contributed by atoms with Crippen LogP contribution in [0.4, 0.5) is 4.79 Å². The number of piperazine rings is 3. The lowest BCUT2D eigenvalue weighted by Gasteiger charge is -2.46. The summed E-state index contributed by atoms with van der Waals surface area (Å²) in [5, 5.41) is 8.75. The number of rotatable bonds is 7. The fourth-order valence-corrected chi connectivity index (χ4v) is 5.20. The number of aryl methyl sites for hydroxylation is 1. The third-order valence-electron chi connectivity index (χ3n) is 7.17. The van der Waals surface area contributed by atoms with Crippen molar-refractivity contribution in [1.82, 2.24) is 40.6 Å². The van der Waals surface area contributed by atoms with Crippen molar-refractivity contribution >= 4 is 24.0 Å². The Bertz CT molecular complexity index is 1070. The number of carbonyl (C=O) groups excluding carboxylic acids is 3. The van der Waals surface area contributed by atoms with Gasteiger partial charge in [-0.25, -0.2) is 9.78 Å². The molecule has 0 bridgehead atoms. The van der Waals surface area contributed by atoms with Gasteiger partial charge >= 0.3 is 6.09 Å². The number of nitrogens with one attached hydrogen (secondary N) is 4. The van der Waals surface area contributed by atoms with Gasteiger partial charge in [0, 0.05) is 64.5 Å². The van der Waals surface area contributed by atoms with Gasteiger partial charge in [0.25, 0.3) is 5.91 Å². The molecule has 4 N–H and O–H groups in total. The SMILES string of the molecule is CC(C)c1[nH]c(CCCN2CCNCC2N2CCN(C(=O)OC(C)(C)C)CC2)nc1C=C1NC(=O)CNC1=O. The topological polar surface area (TPSA) is 135 Å². The highest BCUT2D eigenvalue weighted by molar-refractivity contribution is 6.05. The van der Waals surface area contributed by atoms with Crippen LogP contribution in [0.2, 0.25) is 0 Å². The number of aromatic amines is 1. The Kier molecular flexibility index (Phi) is 9.29. The summed E-state index contributed by atoms with van der Waals surface area (Å²) >= 11 is 0. The smallest absolute Gasteiger partial charge is 0.410 e. The molecule has 1 aromatic heterocycles. The fraction of sp³-hybridized carbons (Fsp3) is 0.704. The molecule has 3 saturated heterocycles. The van der Waals surface area contributed by atoms with Gasteiger partial charge in [0.2, 0.25) is 5.91 Å². The van der Waals surface area contributed by atoms with E-state index in [1.165, 1.54) is 0 Å². The highest BCUT2D eigenvalue weighted by Crippen LogP contribution is 2.21. The lowest BCUT2D eigenvalue weighted by molar-refractivity contribution is -0.127. The van der Waals surface area contributed by atoms with Crippen molar-refractivity contribution < 1.29 is 19.1 Å². The van der Waals surface area contributed by atoms with Crippen molar-refractivity contribution in [3.8, 4) is 0 Å². The molecular formula is C27H44N8O4. The third-order valence-corrected chi connectivity index (χ3v) is 7.17. The van der Waals surface area contributed by atoms with E-state index in [-0.39, 0.29) is 42.2 Å². The Balaban J connectivity index is 1.33. The molecule has 39 heavy (non-hydrogen) atoms. The number of aromatic nitrogens is 2. The highest BCUT2D eigenvalue weighted by atomic mass is 16.6. The Morgan fingerprint density at radius 3 is 2.59 bits per heavy atom. The van der Waals surface area contributed by atoms with Gasteiger partial charge in [-0.1, -0.05) is 13.8 Å². The molecule has 3 amide bonds. The maximum atomic E-state index is 12.5. The molecule has 0 saturated carbocycles. The van der Waals surface area contributed by atoms with Gasteiger partial charge in [0.05, 0.1) is 18.4 Å². The van der Waals surface area contributed by atoms with Crippen LogP contribution in [0.25, 0.3) is 6.08 Å². The van der Waals surface area contributed by atoms with Crippen molar-refractivity contribution in [3.05, 3.63) is 22.9 Å². The molecule has 3 aliphatic rings. The number of hydrogen-bond donors (Lipinski definition) is 4. The lowest BCUT2D eigenvalue weighted by atomic mass is 10.1. The van der Waals surface area contributed by atoms with Crippen LogP contribution in [-0.4, -0.2) is 113 Å². The number of H-pyrrole nitrogens is 1. The van der Waals surface area contributed by atoms with Gasteiger partial charge in [0.15, 0.2) is 0 Å². The van der Waals surface area contributed by atoms with E-state index in [0.29, 0.717) is 18.8 Å². The minimum absolute atomic E-state index is 0.00847. The number of imidazole rings is 1. The average molecular weight is 545 g/mol. The minimum Gasteiger partial charge on any atom is -0.444 e. The average Bonchev–Trinajstić information content (AvgIpc) is 3.28. The Morgan fingerprint density at radius 1 is 1.15 bits per heavy atom. The molecule has 216 valence electrons. The first-order valence-electron chi connectivity index (χ1n) is 14.1. The first-order chi connectivity index (χ1) is 18.5. The number of nitrogens with zero attached hydrogens (tertiary/aromatic N) is 4. The van der Waals surface area contributed by atoms with Gasteiger partial charge in [-0.05, 0) is 39.2 Å². The van der Waals surface area contributed by atoms with E-state index in [1.54, 1.807) is 11.0 Å². The molecule has 1 aromatic rings. The second kappa shape index (κ2) is 12.5. The Labute approximate surface area is 230 Å². The first kappa shape index (κ1) is 29.0. The summed E-state index contributed by atoms with van der Waals surface area (Å²) in [6.07, 6.45) is 3.43. The van der Waals surface area contributed by atoms with E-state index in [2.05, 4.69) is 44.6 Å². The molecule has 0 aromatic carbocycles. The second-order valence-corrected chi connectivity index (χ2v) is 11.8. The zero-order valence-electron chi connectivity index (χ0n) is 23.9. The van der Waals surface area contributed by atoms with E-state index < -0.39 is 5.60 Å². The largest absolute Gasteiger partial charge is 0.444 e. The number of hydrogen-bond acceptors (Lipinski definition) is 8. The van der Waals surface area contributed by atoms with Gasteiger partial charge in [-0.15, -0.1) is 0 Å². The van der Waals surface area contributed by atoms with Gasteiger partial charge in [-0.3, -0.25) is 19.4 Å². The van der Waals surface area contributed by atoms with E-state index >= 15 is 0 Å².